The van der Waals surface area contributed by atoms with Gasteiger partial charge in [0.15, 0.2) is 5.16 Å². The number of aryl methyl sites for hydroxylation is 2. The fraction of sp³-hybridized carbons (Fsp3) is 0.231. The second-order valence-corrected chi connectivity index (χ2v) is 10.3. The molecule has 0 bridgehead atoms. The quantitative estimate of drug-likeness (QED) is 0.161. The number of para-hydroxylation sites is 1. The summed E-state index contributed by atoms with van der Waals surface area (Å²) in [5, 5.41) is 5.25. The highest BCUT2D eigenvalue weighted by molar-refractivity contribution is 7.99. The maximum atomic E-state index is 13.7. The summed E-state index contributed by atoms with van der Waals surface area (Å²) < 4.78 is 6.90. The number of thioether (sulfide) groups is 1. The number of hydrazone groups is 1. The van der Waals surface area contributed by atoms with Crippen molar-refractivity contribution in [2.45, 2.75) is 37.8 Å². The summed E-state index contributed by atoms with van der Waals surface area (Å²) in [7, 11) is 0. The number of nitrogens with one attached hydrogen (secondary N) is 1. The number of nitrogens with zero attached hydrogens (tertiary/aromatic N) is 3. The summed E-state index contributed by atoms with van der Waals surface area (Å²) in [5.74, 6) is 0.511. The second-order valence-electron chi connectivity index (χ2n) is 8.25. The summed E-state index contributed by atoms with van der Waals surface area (Å²) >= 11 is 2.84. The molecule has 0 fully saturated rings. The Kier molecular flexibility index (Phi) is 6.96. The first-order valence-electron chi connectivity index (χ1n) is 11.4. The van der Waals surface area contributed by atoms with Gasteiger partial charge in [-0.2, -0.15) is 5.10 Å². The number of allylic oxidation sites excluding steroid dienone is 1. The lowest BCUT2D eigenvalue weighted by atomic mass is 9.97. The normalized spacial score (nSPS) is 13.9. The largest absolute Gasteiger partial charge is 0.465 e. The first kappa shape index (κ1) is 23.3. The van der Waals surface area contributed by atoms with Gasteiger partial charge in [0.2, 0.25) is 0 Å². The Bertz CT molecular complexity index is 1470. The van der Waals surface area contributed by atoms with Crippen molar-refractivity contribution < 1.29 is 9.21 Å². The van der Waals surface area contributed by atoms with Gasteiger partial charge in [-0.25, -0.2) is 10.4 Å². The number of fused-ring (bicyclic) bond motifs is 3. The topological polar surface area (TPSA) is 89.5 Å². The zero-order valence-corrected chi connectivity index (χ0v) is 20.8. The predicted molar refractivity (Wildman–Crippen MR) is 142 cm³/mol. The summed E-state index contributed by atoms with van der Waals surface area (Å²) in [6, 6.07) is 13.1. The lowest BCUT2D eigenvalue weighted by molar-refractivity contribution is -0.118. The third-order valence-corrected chi connectivity index (χ3v) is 7.80. The average Bonchev–Trinajstić information content (AvgIpc) is 3.50. The van der Waals surface area contributed by atoms with Gasteiger partial charge in [-0.3, -0.25) is 14.2 Å². The molecule has 1 N–H and O–H groups in total. The van der Waals surface area contributed by atoms with Gasteiger partial charge in [-0.1, -0.05) is 30.0 Å². The molecule has 0 radical (unpaired) electrons. The van der Waals surface area contributed by atoms with Crippen LogP contribution in [-0.4, -0.2) is 27.4 Å². The zero-order valence-electron chi connectivity index (χ0n) is 19.2. The van der Waals surface area contributed by atoms with Gasteiger partial charge in [0.1, 0.15) is 10.6 Å². The van der Waals surface area contributed by atoms with Crippen LogP contribution >= 0.6 is 23.1 Å². The standard InChI is InChI=1S/C26H24N4O3S2/c1-17(14-19-10-7-13-33-19)15-27-29-22(31)16-34-26-28-24-23(20-11-5-6-12-21(20)35-24)25(32)30(26)18-8-3-2-4-9-18/h2-4,7-10,13-15H,5-6,11-12,16H2,1H3,(H,29,31). The number of amides is 1. The molecule has 35 heavy (non-hydrogen) atoms. The molecule has 7 nitrogen and oxygen atoms in total. The van der Waals surface area contributed by atoms with Gasteiger partial charge in [-0.05, 0) is 74.1 Å². The molecule has 3 aromatic heterocycles. The van der Waals surface area contributed by atoms with Crippen molar-refractivity contribution in [1.82, 2.24) is 15.0 Å². The number of carbonyl (C=O) groups is 1. The van der Waals surface area contributed by atoms with E-state index in [1.54, 1.807) is 34.4 Å². The van der Waals surface area contributed by atoms with Crippen molar-refractivity contribution in [3.05, 3.63) is 80.9 Å². The minimum atomic E-state index is -0.281. The van der Waals surface area contributed by atoms with Crippen LogP contribution in [0.3, 0.4) is 0 Å². The van der Waals surface area contributed by atoms with E-state index in [2.05, 4.69) is 10.5 Å². The molecule has 5 rings (SSSR count). The summed E-state index contributed by atoms with van der Waals surface area (Å²) in [6.07, 6.45) is 9.14. The van der Waals surface area contributed by atoms with Crippen LogP contribution in [0.5, 0.6) is 0 Å². The molecule has 1 aromatic carbocycles. The van der Waals surface area contributed by atoms with E-state index in [1.165, 1.54) is 16.6 Å². The number of aromatic nitrogens is 2. The van der Waals surface area contributed by atoms with E-state index in [9.17, 15) is 9.59 Å². The van der Waals surface area contributed by atoms with Gasteiger partial charge in [0.05, 0.1) is 29.3 Å². The number of rotatable bonds is 7. The highest BCUT2D eigenvalue weighted by atomic mass is 32.2. The first-order valence-corrected chi connectivity index (χ1v) is 13.2. The Morgan fingerprint density at radius 3 is 2.86 bits per heavy atom. The number of hydrogen-bond donors (Lipinski definition) is 1. The first-order chi connectivity index (χ1) is 17.1. The third kappa shape index (κ3) is 5.16. The Labute approximate surface area is 210 Å². The SMILES string of the molecule is CC(C=NNC(=O)CSc1nc2sc3c(c2c(=O)n1-c1ccccc1)CCCC3)=Cc1ccco1. The van der Waals surface area contributed by atoms with E-state index in [1.807, 2.05) is 49.4 Å². The minimum absolute atomic E-state index is 0.0692. The fourth-order valence-corrected chi connectivity index (χ4v) is 6.20. The van der Waals surface area contributed by atoms with Crippen molar-refractivity contribution >= 4 is 51.5 Å². The van der Waals surface area contributed by atoms with E-state index in [0.29, 0.717) is 10.9 Å². The van der Waals surface area contributed by atoms with Crippen molar-refractivity contribution in [3.63, 3.8) is 0 Å². The number of furan rings is 1. The van der Waals surface area contributed by atoms with Crippen LogP contribution in [0.1, 0.15) is 36.0 Å². The van der Waals surface area contributed by atoms with Gasteiger partial charge >= 0.3 is 0 Å². The van der Waals surface area contributed by atoms with E-state index >= 15 is 0 Å². The fourth-order valence-electron chi connectivity index (χ4n) is 4.09. The highest BCUT2D eigenvalue weighted by Gasteiger charge is 2.23. The van der Waals surface area contributed by atoms with Gasteiger partial charge in [0, 0.05) is 4.88 Å². The molecule has 0 unspecified atom stereocenters. The molecule has 1 amide bonds. The molecule has 0 atom stereocenters. The van der Waals surface area contributed by atoms with Crippen LogP contribution in [0.15, 0.2) is 73.8 Å². The minimum Gasteiger partial charge on any atom is -0.465 e. The van der Waals surface area contributed by atoms with Crippen molar-refractivity contribution in [3.8, 4) is 5.69 Å². The molecule has 178 valence electrons. The maximum absolute atomic E-state index is 13.7. The van der Waals surface area contributed by atoms with Crippen LogP contribution in [0.2, 0.25) is 0 Å². The third-order valence-electron chi connectivity index (χ3n) is 5.68. The van der Waals surface area contributed by atoms with Crippen LogP contribution in [-0.2, 0) is 17.6 Å². The molecule has 3 heterocycles. The Hall–Kier alpha value is -3.43. The van der Waals surface area contributed by atoms with Gasteiger partial charge in [-0.15, -0.1) is 11.3 Å². The molecule has 0 aliphatic heterocycles. The zero-order chi connectivity index (χ0) is 24.2. The van der Waals surface area contributed by atoms with Crippen molar-refractivity contribution in [1.29, 1.82) is 0 Å². The number of thiophene rings is 1. The van der Waals surface area contributed by atoms with Crippen LogP contribution in [0.4, 0.5) is 0 Å². The van der Waals surface area contributed by atoms with E-state index in [-0.39, 0.29) is 17.2 Å². The van der Waals surface area contributed by atoms with Crippen LogP contribution in [0.25, 0.3) is 22.0 Å². The monoisotopic (exact) mass is 504 g/mol. The lowest BCUT2D eigenvalue weighted by Crippen LogP contribution is -2.24. The maximum Gasteiger partial charge on any atom is 0.267 e. The molecule has 0 saturated heterocycles. The van der Waals surface area contributed by atoms with Crippen molar-refractivity contribution in [2.75, 3.05) is 5.75 Å². The molecule has 9 heteroatoms. The van der Waals surface area contributed by atoms with E-state index < -0.39 is 0 Å². The lowest BCUT2D eigenvalue weighted by Gasteiger charge is -2.13. The summed E-state index contributed by atoms with van der Waals surface area (Å²) in [5.41, 5.74) is 5.19. The molecular formula is C26H24N4O3S2. The Morgan fingerprint density at radius 2 is 2.06 bits per heavy atom. The molecule has 0 spiro atoms. The average molecular weight is 505 g/mol. The molecule has 0 saturated carbocycles. The van der Waals surface area contributed by atoms with Crippen LogP contribution < -0.4 is 11.0 Å². The van der Waals surface area contributed by atoms with E-state index in [4.69, 9.17) is 9.40 Å². The van der Waals surface area contributed by atoms with Crippen molar-refractivity contribution in [2.24, 2.45) is 5.10 Å². The summed E-state index contributed by atoms with van der Waals surface area (Å²) in [6.45, 7) is 1.87. The Balaban J connectivity index is 1.38. The second kappa shape index (κ2) is 10.5. The van der Waals surface area contributed by atoms with E-state index in [0.717, 1.165) is 52.7 Å². The molecular weight excluding hydrogens is 480 g/mol. The van der Waals surface area contributed by atoms with Gasteiger partial charge in [0.25, 0.3) is 11.5 Å². The number of benzene rings is 1. The molecule has 4 aromatic rings. The molecule has 1 aliphatic rings. The molecule has 1 aliphatic carbocycles. The summed E-state index contributed by atoms with van der Waals surface area (Å²) in [4.78, 5) is 33.0. The smallest absolute Gasteiger partial charge is 0.267 e. The van der Waals surface area contributed by atoms with Gasteiger partial charge < -0.3 is 4.42 Å². The predicted octanol–water partition coefficient (Wildman–Crippen LogP) is 5.22. The number of hydrogen-bond acceptors (Lipinski definition) is 7. The Morgan fingerprint density at radius 1 is 1.23 bits per heavy atom. The highest BCUT2D eigenvalue weighted by Crippen LogP contribution is 2.35. The number of carbonyl (C=O) groups excluding carboxylic acids is 1. The van der Waals surface area contributed by atoms with Crippen LogP contribution in [0, 0.1) is 0 Å².